The van der Waals surface area contributed by atoms with E-state index in [0.29, 0.717) is 13.0 Å². The van der Waals surface area contributed by atoms with Gasteiger partial charge in [0.25, 0.3) is 0 Å². The molecule has 1 heterocycles. The summed E-state index contributed by atoms with van der Waals surface area (Å²) < 4.78 is 28.7. The zero-order valence-electron chi connectivity index (χ0n) is 9.66. The number of anilines is 1. The Balaban J connectivity index is 2.20. The van der Waals surface area contributed by atoms with Crippen molar-refractivity contribution < 1.29 is 18.3 Å². The lowest BCUT2D eigenvalue weighted by Crippen LogP contribution is -2.32. The van der Waals surface area contributed by atoms with E-state index in [4.69, 9.17) is 5.73 Å². The Hall–Kier alpha value is -1.85. The average Bonchev–Trinajstić information content (AvgIpc) is 2.31. The van der Waals surface area contributed by atoms with Crippen molar-refractivity contribution in [2.75, 3.05) is 12.3 Å². The number of rotatable bonds is 3. The van der Waals surface area contributed by atoms with Crippen molar-refractivity contribution in [3.05, 3.63) is 23.8 Å². The first-order chi connectivity index (χ1) is 8.56. The van der Waals surface area contributed by atoms with Crippen LogP contribution in [0.5, 0.6) is 5.75 Å². The summed E-state index contributed by atoms with van der Waals surface area (Å²) in [5.74, 6) is -0.0349. The van der Waals surface area contributed by atoms with Gasteiger partial charge < -0.3 is 15.8 Å². The van der Waals surface area contributed by atoms with Crippen molar-refractivity contribution >= 4 is 11.6 Å². The number of halogens is 2. The lowest BCUT2D eigenvalue weighted by molar-refractivity contribution is -0.122. The third kappa shape index (κ3) is 2.88. The molecule has 1 amide bonds. The molecule has 0 radical (unpaired) electrons. The highest BCUT2D eigenvalue weighted by Gasteiger charge is 2.21. The Bertz CT molecular complexity index is 452. The van der Waals surface area contributed by atoms with Gasteiger partial charge in [-0.15, -0.1) is 0 Å². The van der Waals surface area contributed by atoms with Crippen LogP contribution in [0.3, 0.4) is 0 Å². The highest BCUT2D eigenvalue weighted by molar-refractivity contribution is 5.77. The normalized spacial score (nSPS) is 19.7. The number of nitrogens with two attached hydrogens (primary N) is 1. The predicted octanol–water partition coefficient (Wildman–Crippen LogP) is 1.86. The summed E-state index contributed by atoms with van der Waals surface area (Å²) in [4.78, 5) is 11.3. The van der Waals surface area contributed by atoms with E-state index in [0.717, 1.165) is 12.0 Å². The standard InChI is InChI=1S/C12H14F2N2O2/c13-12(14)18-10-5-7(1-2-9(10)15)8-3-4-16-11(17)6-8/h1-2,5,8,12H,3-4,6,15H2,(H,16,17)/t8-/m1/s1. The number of hydrogen-bond donors (Lipinski definition) is 2. The number of alkyl halides is 2. The SMILES string of the molecule is Nc1ccc([C@@H]2CCNC(=O)C2)cc1OC(F)F. The van der Waals surface area contributed by atoms with Crippen LogP contribution in [0.2, 0.25) is 0 Å². The van der Waals surface area contributed by atoms with Crippen LogP contribution in [0.4, 0.5) is 14.5 Å². The summed E-state index contributed by atoms with van der Waals surface area (Å²) in [7, 11) is 0. The van der Waals surface area contributed by atoms with Crippen LogP contribution in [0, 0.1) is 0 Å². The maximum absolute atomic E-state index is 12.2. The molecule has 0 unspecified atom stereocenters. The van der Waals surface area contributed by atoms with E-state index >= 15 is 0 Å². The Labute approximate surface area is 103 Å². The average molecular weight is 256 g/mol. The molecular weight excluding hydrogens is 242 g/mol. The minimum Gasteiger partial charge on any atom is -0.433 e. The molecule has 1 saturated heterocycles. The van der Waals surface area contributed by atoms with Crippen LogP contribution in [0.15, 0.2) is 18.2 Å². The zero-order valence-corrected chi connectivity index (χ0v) is 9.66. The number of benzene rings is 1. The molecule has 1 fully saturated rings. The van der Waals surface area contributed by atoms with E-state index in [2.05, 4.69) is 10.1 Å². The number of carbonyl (C=O) groups excluding carboxylic acids is 1. The molecule has 6 heteroatoms. The Morgan fingerprint density at radius 1 is 1.44 bits per heavy atom. The maximum atomic E-state index is 12.2. The van der Waals surface area contributed by atoms with E-state index in [9.17, 15) is 13.6 Å². The van der Waals surface area contributed by atoms with Crippen LogP contribution in [0.25, 0.3) is 0 Å². The molecule has 1 aliphatic heterocycles. The maximum Gasteiger partial charge on any atom is 0.387 e. The highest BCUT2D eigenvalue weighted by atomic mass is 19.3. The van der Waals surface area contributed by atoms with Gasteiger partial charge in [0.15, 0.2) is 0 Å². The fourth-order valence-corrected chi connectivity index (χ4v) is 2.07. The van der Waals surface area contributed by atoms with Crippen molar-refractivity contribution in [2.45, 2.75) is 25.4 Å². The summed E-state index contributed by atoms with van der Waals surface area (Å²) >= 11 is 0. The Morgan fingerprint density at radius 3 is 2.89 bits per heavy atom. The molecule has 18 heavy (non-hydrogen) atoms. The molecule has 0 bridgehead atoms. The number of nitrogens with one attached hydrogen (secondary N) is 1. The van der Waals surface area contributed by atoms with Crippen LogP contribution in [-0.4, -0.2) is 19.1 Å². The van der Waals surface area contributed by atoms with Gasteiger partial charge in [-0.3, -0.25) is 4.79 Å². The molecule has 2 rings (SSSR count). The zero-order chi connectivity index (χ0) is 13.1. The van der Waals surface area contributed by atoms with Gasteiger partial charge in [0.1, 0.15) is 5.75 Å². The van der Waals surface area contributed by atoms with Gasteiger partial charge in [0, 0.05) is 13.0 Å². The van der Waals surface area contributed by atoms with Crippen molar-refractivity contribution in [3.8, 4) is 5.75 Å². The first kappa shape index (κ1) is 12.6. The summed E-state index contributed by atoms with van der Waals surface area (Å²) in [5.41, 5.74) is 6.52. The summed E-state index contributed by atoms with van der Waals surface area (Å²) in [6.45, 7) is -2.31. The third-order valence-electron chi connectivity index (χ3n) is 2.97. The third-order valence-corrected chi connectivity index (χ3v) is 2.97. The molecule has 4 nitrogen and oxygen atoms in total. The number of piperidine rings is 1. The Kier molecular flexibility index (Phi) is 3.64. The first-order valence-electron chi connectivity index (χ1n) is 5.67. The second-order valence-electron chi connectivity index (χ2n) is 4.22. The van der Waals surface area contributed by atoms with Crippen molar-refractivity contribution in [1.82, 2.24) is 5.32 Å². The lowest BCUT2D eigenvalue weighted by Gasteiger charge is -2.23. The molecule has 0 aliphatic carbocycles. The van der Waals surface area contributed by atoms with E-state index in [1.54, 1.807) is 6.07 Å². The number of ether oxygens (including phenoxy) is 1. The summed E-state index contributed by atoms with van der Waals surface area (Å²) in [5, 5.41) is 2.73. The van der Waals surface area contributed by atoms with Crippen molar-refractivity contribution in [3.63, 3.8) is 0 Å². The molecule has 1 aromatic carbocycles. The molecular formula is C12H14F2N2O2. The molecule has 3 N–H and O–H groups in total. The van der Waals surface area contributed by atoms with Crippen LogP contribution in [0.1, 0.15) is 24.3 Å². The second kappa shape index (κ2) is 5.20. The van der Waals surface area contributed by atoms with Gasteiger partial charge in [-0.05, 0) is 30.0 Å². The van der Waals surface area contributed by atoms with Crippen molar-refractivity contribution in [1.29, 1.82) is 0 Å². The number of carbonyl (C=O) groups is 1. The second-order valence-corrected chi connectivity index (χ2v) is 4.22. The van der Waals surface area contributed by atoms with Crippen LogP contribution < -0.4 is 15.8 Å². The van der Waals surface area contributed by atoms with Gasteiger partial charge in [-0.25, -0.2) is 0 Å². The minimum atomic E-state index is -2.91. The van der Waals surface area contributed by atoms with E-state index in [1.165, 1.54) is 12.1 Å². The van der Waals surface area contributed by atoms with Crippen molar-refractivity contribution in [2.24, 2.45) is 0 Å². The largest absolute Gasteiger partial charge is 0.433 e. The fourth-order valence-electron chi connectivity index (χ4n) is 2.07. The van der Waals surface area contributed by atoms with Gasteiger partial charge in [-0.1, -0.05) is 6.07 Å². The topological polar surface area (TPSA) is 64.3 Å². The summed E-state index contributed by atoms with van der Waals surface area (Å²) in [6, 6.07) is 4.77. The van der Waals surface area contributed by atoms with E-state index < -0.39 is 6.61 Å². The highest BCUT2D eigenvalue weighted by Crippen LogP contribution is 2.32. The molecule has 1 aromatic rings. The first-order valence-corrected chi connectivity index (χ1v) is 5.67. The lowest BCUT2D eigenvalue weighted by atomic mass is 9.89. The minimum absolute atomic E-state index is 0.0272. The number of hydrogen-bond acceptors (Lipinski definition) is 3. The smallest absolute Gasteiger partial charge is 0.387 e. The predicted molar refractivity (Wildman–Crippen MR) is 62.5 cm³/mol. The van der Waals surface area contributed by atoms with Crippen LogP contribution >= 0.6 is 0 Å². The van der Waals surface area contributed by atoms with Gasteiger partial charge in [0.05, 0.1) is 5.69 Å². The Morgan fingerprint density at radius 2 is 2.22 bits per heavy atom. The monoisotopic (exact) mass is 256 g/mol. The number of nitrogen functional groups attached to an aromatic ring is 1. The fraction of sp³-hybridized carbons (Fsp3) is 0.417. The van der Waals surface area contributed by atoms with E-state index in [1.807, 2.05) is 0 Å². The quantitative estimate of drug-likeness (QED) is 0.811. The summed E-state index contributed by atoms with van der Waals surface area (Å²) in [6.07, 6.45) is 1.14. The molecule has 1 atom stereocenters. The number of amides is 1. The van der Waals surface area contributed by atoms with Crippen LogP contribution in [-0.2, 0) is 4.79 Å². The molecule has 0 spiro atoms. The van der Waals surface area contributed by atoms with Gasteiger partial charge >= 0.3 is 6.61 Å². The van der Waals surface area contributed by atoms with Gasteiger partial charge in [-0.2, -0.15) is 8.78 Å². The molecule has 1 aliphatic rings. The molecule has 0 saturated carbocycles. The van der Waals surface area contributed by atoms with Gasteiger partial charge in [0.2, 0.25) is 5.91 Å². The van der Waals surface area contributed by atoms with E-state index in [-0.39, 0.29) is 23.3 Å². The molecule has 0 aromatic heterocycles. The molecule has 98 valence electrons.